The fourth-order valence-electron chi connectivity index (χ4n) is 0.696. The number of alkyl carbamates (subject to hydrolysis) is 1. The molecule has 0 spiro atoms. The van der Waals surface area contributed by atoms with Gasteiger partial charge in [0.2, 0.25) is 0 Å². The number of nitrogens with zero attached hydrogens (tertiary/aromatic N) is 1. The van der Waals surface area contributed by atoms with E-state index in [1.807, 2.05) is 26.8 Å². The molecule has 1 unspecified atom stereocenters. The first-order valence-corrected chi connectivity index (χ1v) is 4.45. The molecule has 74 valence electrons. The second-order valence-corrected chi connectivity index (χ2v) is 3.13. The van der Waals surface area contributed by atoms with E-state index in [0.29, 0.717) is 6.54 Å². The van der Waals surface area contributed by atoms with Crippen LogP contribution in [0.1, 0.15) is 27.2 Å². The first kappa shape index (κ1) is 11.8. The molecule has 4 heteroatoms. The van der Waals surface area contributed by atoms with Crippen LogP contribution in [0.4, 0.5) is 4.79 Å². The number of nitriles is 1. The lowest BCUT2D eigenvalue weighted by Gasteiger charge is -2.14. The number of amides is 1. The molecular weight excluding hydrogens is 168 g/mol. The van der Waals surface area contributed by atoms with E-state index in [-0.39, 0.29) is 5.92 Å². The predicted molar refractivity (Wildman–Crippen MR) is 49.0 cm³/mol. The van der Waals surface area contributed by atoms with Crippen molar-refractivity contribution in [1.82, 2.24) is 5.32 Å². The molecule has 0 radical (unpaired) electrons. The molecule has 0 rings (SSSR count). The Morgan fingerprint density at radius 3 is 2.62 bits per heavy atom. The molecule has 1 amide bonds. The summed E-state index contributed by atoms with van der Waals surface area (Å²) in [5.41, 5.74) is 0. The number of ether oxygens (including phenoxy) is 1. The van der Waals surface area contributed by atoms with Crippen molar-refractivity contribution in [3.8, 4) is 6.07 Å². The molecule has 4 nitrogen and oxygen atoms in total. The van der Waals surface area contributed by atoms with E-state index < -0.39 is 12.2 Å². The largest absolute Gasteiger partial charge is 0.431 e. The minimum Gasteiger partial charge on any atom is -0.431 e. The van der Waals surface area contributed by atoms with Gasteiger partial charge in [-0.25, -0.2) is 4.79 Å². The van der Waals surface area contributed by atoms with Crippen molar-refractivity contribution < 1.29 is 9.53 Å². The Morgan fingerprint density at radius 1 is 1.62 bits per heavy atom. The summed E-state index contributed by atoms with van der Waals surface area (Å²) in [7, 11) is 0. The number of carbonyl (C=O) groups excluding carboxylic acids is 1. The van der Waals surface area contributed by atoms with Crippen LogP contribution in [0.3, 0.4) is 0 Å². The monoisotopic (exact) mass is 184 g/mol. The highest BCUT2D eigenvalue weighted by Crippen LogP contribution is 2.04. The zero-order chi connectivity index (χ0) is 10.3. The Morgan fingerprint density at radius 2 is 2.23 bits per heavy atom. The fourth-order valence-corrected chi connectivity index (χ4v) is 0.696. The van der Waals surface area contributed by atoms with Crippen molar-refractivity contribution in [3.05, 3.63) is 0 Å². The lowest BCUT2D eigenvalue weighted by atomic mass is 10.1. The van der Waals surface area contributed by atoms with Gasteiger partial charge in [0.25, 0.3) is 0 Å². The third-order valence-electron chi connectivity index (χ3n) is 1.49. The lowest BCUT2D eigenvalue weighted by Crippen LogP contribution is -2.31. The minimum absolute atomic E-state index is 0.0253. The van der Waals surface area contributed by atoms with E-state index in [1.165, 1.54) is 0 Å². The Labute approximate surface area is 78.9 Å². The maximum atomic E-state index is 11.0. The van der Waals surface area contributed by atoms with Gasteiger partial charge in [0.1, 0.15) is 6.07 Å². The van der Waals surface area contributed by atoms with Crippen molar-refractivity contribution >= 4 is 6.09 Å². The van der Waals surface area contributed by atoms with Crippen molar-refractivity contribution in [2.75, 3.05) is 6.54 Å². The minimum atomic E-state index is -0.656. The summed E-state index contributed by atoms with van der Waals surface area (Å²) in [4.78, 5) is 11.0. The van der Waals surface area contributed by atoms with Crippen LogP contribution in [0.15, 0.2) is 0 Å². The number of hydrogen-bond donors (Lipinski definition) is 1. The topological polar surface area (TPSA) is 62.1 Å². The first-order valence-electron chi connectivity index (χ1n) is 4.45. The molecule has 0 aromatic rings. The molecule has 0 saturated carbocycles. The van der Waals surface area contributed by atoms with E-state index in [0.717, 1.165) is 6.42 Å². The summed E-state index contributed by atoms with van der Waals surface area (Å²) in [6, 6.07) is 1.93. The van der Waals surface area contributed by atoms with E-state index in [1.54, 1.807) is 0 Å². The third-order valence-corrected chi connectivity index (χ3v) is 1.49. The van der Waals surface area contributed by atoms with Gasteiger partial charge < -0.3 is 10.1 Å². The van der Waals surface area contributed by atoms with Gasteiger partial charge in [-0.05, 0) is 6.42 Å². The average molecular weight is 184 g/mol. The van der Waals surface area contributed by atoms with Gasteiger partial charge in [-0.3, -0.25) is 0 Å². The zero-order valence-corrected chi connectivity index (χ0v) is 8.33. The van der Waals surface area contributed by atoms with Crippen molar-refractivity contribution in [2.45, 2.75) is 33.3 Å². The third kappa shape index (κ3) is 5.07. The van der Waals surface area contributed by atoms with Crippen LogP contribution in [0, 0.1) is 17.2 Å². The van der Waals surface area contributed by atoms with Crippen molar-refractivity contribution in [2.24, 2.45) is 5.92 Å². The standard InChI is InChI=1S/C9H16N2O2/c1-4-5-11-9(12)13-8(6-10)7(2)3/h7-8H,4-5H2,1-3H3,(H,11,12). The van der Waals surface area contributed by atoms with Gasteiger partial charge in [0, 0.05) is 12.5 Å². The maximum absolute atomic E-state index is 11.0. The van der Waals surface area contributed by atoms with Gasteiger partial charge in [-0.2, -0.15) is 5.26 Å². The molecule has 0 bridgehead atoms. The summed E-state index contributed by atoms with van der Waals surface area (Å²) in [6.45, 7) is 6.20. The average Bonchev–Trinajstić information content (AvgIpc) is 2.10. The lowest BCUT2D eigenvalue weighted by molar-refractivity contribution is 0.101. The first-order chi connectivity index (χ1) is 6.11. The van der Waals surface area contributed by atoms with Crippen LogP contribution < -0.4 is 5.32 Å². The summed E-state index contributed by atoms with van der Waals surface area (Å²) in [5.74, 6) is 0.0253. The second kappa shape index (κ2) is 6.30. The molecule has 1 N–H and O–H groups in total. The van der Waals surface area contributed by atoms with E-state index in [4.69, 9.17) is 10.00 Å². The Bertz CT molecular complexity index is 196. The molecule has 13 heavy (non-hydrogen) atoms. The molecular formula is C9H16N2O2. The van der Waals surface area contributed by atoms with Crippen molar-refractivity contribution in [3.63, 3.8) is 0 Å². The molecule has 0 heterocycles. The predicted octanol–water partition coefficient (Wildman–Crippen LogP) is 1.67. The molecule has 0 saturated heterocycles. The maximum Gasteiger partial charge on any atom is 0.408 e. The quantitative estimate of drug-likeness (QED) is 0.722. The molecule has 0 aliphatic rings. The van der Waals surface area contributed by atoms with E-state index >= 15 is 0 Å². The molecule has 0 fully saturated rings. The normalized spacial score (nSPS) is 11.9. The van der Waals surface area contributed by atoms with E-state index in [9.17, 15) is 4.79 Å². The Balaban J connectivity index is 3.82. The SMILES string of the molecule is CCCNC(=O)OC(C#N)C(C)C. The number of nitrogens with one attached hydrogen (secondary N) is 1. The highest BCUT2D eigenvalue weighted by atomic mass is 16.6. The molecule has 0 aliphatic heterocycles. The Kier molecular flexibility index (Phi) is 5.69. The smallest absolute Gasteiger partial charge is 0.408 e. The van der Waals surface area contributed by atoms with Crippen LogP contribution in [-0.2, 0) is 4.74 Å². The van der Waals surface area contributed by atoms with Crippen LogP contribution in [0.5, 0.6) is 0 Å². The van der Waals surface area contributed by atoms with Crippen molar-refractivity contribution in [1.29, 1.82) is 5.26 Å². The second-order valence-electron chi connectivity index (χ2n) is 3.13. The van der Waals surface area contributed by atoms with Crippen LogP contribution in [0.2, 0.25) is 0 Å². The number of hydrogen-bond acceptors (Lipinski definition) is 3. The molecule has 0 aromatic carbocycles. The summed E-state index contributed by atoms with van der Waals surface area (Å²) < 4.78 is 4.85. The molecule has 0 aromatic heterocycles. The van der Waals surface area contributed by atoms with Crippen LogP contribution >= 0.6 is 0 Å². The van der Waals surface area contributed by atoms with Gasteiger partial charge in [0.05, 0.1) is 0 Å². The summed E-state index contributed by atoms with van der Waals surface area (Å²) in [6.07, 6.45) is -0.312. The fraction of sp³-hybridized carbons (Fsp3) is 0.778. The van der Waals surface area contributed by atoms with Crippen LogP contribution in [-0.4, -0.2) is 18.7 Å². The van der Waals surface area contributed by atoms with Gasteiger partial charge in [-0.15, -0.1) is 0 Å². The van der Waals surface area contributed by atoms with Gasteiger partial charge >= 0.3 is 6.09 Å². The number of carbonyl (C=O) groups is 1. The van der Waals surface area contributed by atoms with E-state index in [2.05, 4.69) is 5.32 Å². The van der Waals surface area contributed by atoms with Gasteiger partial charge in [0.15, 0.2) is 6.10 Å². The summed E-state index contributed by atoms with van der Waals surface area (Å²) >= 11 is 0. The Hall–Kier alpha value is -1.24. The zero-order valence-electron chi connectivity index (χ0n) is 8.33. The summed E-state index contributed by atoms with van der Waals surface area (Å²) in [5, 5.41) is 11.2. The van der Waals surface area contributed by atoms with Crippen LogP contribution in [0.25, 0.3) is 0 Å². The highest BCUT2D eigenvalue weighted by Gasteiger charge is 2.16. The number of rotatable bonds is 4. The molecule has 1 atom stereocenters. The highest BCUT2D eigenvalue weighted by molar-refractivity contribution is 5.67. The molecule has 0 aliphatic carbocycles. The van der Waals surface area contributed by atoms with Gasteiger partial charge in [-0.1, -0.05) is 20.8 Å².